The molecule has 0 fully saturated rings. The molecule has 0 saturated carbocycles. The fourth-order valence-electron chi connectivity index (χ4n) is 2.07. The van der Waals surface area contributed by atoms with Gasteiger partial charge in [-0.2, -0.15) is 0 Å². The smallest absolute Gasteiger partial charge is 0.315 e. The van der Waals surface area contributed by atoms with E-state index in [1.54, 1.807) is 11.3 Å². The normalized spacial score (nSPS) is 12.2. The van der Waals surface area contributed by atoms with E-state index in [1.807, 2.05) is 35.7 Å². The molecule has 5 nitrogen and oxygen atoms in total. The second kappa shape index (κ2) is 8.64. The van der Waals surface area contributed by atoms with Crippen LogP contribution in [0.15, 0.2) is 35.7 Å². The lowest BCUT2D eigenvalue weighted by molar-refractivity contribution is 0.167. The van der Waals surface area contributed by atoms with Gasteiger partial charge < -0.3 is 15.7 Å². The van der Waals surface area contributed by atoms with Crippen LogP contribution in [-0.2, 0) is 6.54 Å². The van der Waals surface area contributed by atoms with Gasteiger partial charge >= 0.3 is 6.03 Å². The third-order valence-corrected chi connectivity index (χ3v) is 4.58. The van der Waals surface area contributed by atoms with Crippen molar-refractivity contribution in [2.24, 2.45) is 0 Å². The molecule has 1 heterocycles. The van der Waals surface area contributed by atoms with Crippen molar-refractivity contribution in [3.05, 3.63) is 52.0 Å². The second-order valence-electron chi connectivity index (χ2n) is 5.66. The SMILES string of the molecule is CC(C)c1nc(CNC(=O)NCC[C@@H](O)c2ccccc2)cs1. The fourth-order valence-corrected chi connectivity index (χ4v) is 2.90. The number of amides is 2. The van der Waals surface area contributed by atoms with Crippen molar-refractivity contribution in [1.29, 1.82) is 0 Å². The number of hydrogen-bond acceptors (Lipinski definition) is 4. The molecule has 6 heteroatoms. The first-order valence-corrected chi connectivity index (χ1v) is 8.63. The van der Waals surface area contributed by atoms with E-state index in [2.05, 4.69) is 29.5 Å². The van der Waals surface area contributed by atoms with E-state index in [-0.39, 0.29) is 6.03 Å². The van der Waals surface area contributed by atoms with Gasteiger partial charge in [-0.25, -0.2) is 9.78 Å². The molecule has 2 aromatic rings. The molecule has 0 spiro atoms. The molecule has 23 heavy (non-hydrogen) atoms. The third-order valence-electron chi connectivity index (χ3n) is 3.38. The number of carbonyl (C=O) groups is 1. The Morgan fingerprint density at radius 2 is 2.00 bits per heavy atom. The van der Waals surface area contributed by atoms with E-state index >= 15 is 0 Å². The van der Waals surface area contributed by atoms with Gasteiger partial charge in [-0.05, 0) is 12.0 Å². The van der Waals surface area contributed by atoms with Crippen molar-refractivity contribution >= 4 is 17.4 Å². The summed E-state index contributed by atoms with van der Waals surface area (Å²) < 4.78 is 0. The average Bonchev–Trinajstić information content (AvgIpc) is 3.03. The Morgan fingerprint density at radius 1 is 1.26 bits per heavy atom. The summed E-state index contributed by atoms with van der Waals surface area (Å²) in [6.45, 7) is 5.02. The maximum Gasteiger partial charge on any atom is 0.315 e. The highest BCUT2D eigenvalue weighted by Crippen LogP contribution is 2.19. The lowest BCUT2D eigenvalue weighted by atomic mass is 10.1. The van der Waals surface area contributed by atoms with Crippen LogP contribution in [0.1, 0.15) is 48.6 Å². The van der Waals surface area contributed by atoms with E-state index in [0.29, 0.717) is 25.4 Å². The molecule has 1 atom stereocenters. The Balaban J connectivity index is 1.67. The number of nitrogens with one attached hydrogen (secondary N) is 2. The van der Waals surface area contributed by atoms with Crippen LogP contribution in [-0.4, -0.2) is 22.7 Å². The number of aromatic nitrogens is 1. The highest BCUT2D eigenvalue weighted by atomic mass is 32.1. The molecule has 2 amide bonds. The van der Waals surface area contributed by atoms with Crippen LogP contribution in [0, 0.1) is 0 Å². The summed E-state index contributed by atoms with van der Waals surface area (Å²) in [5, 5.41) is 18.6. The zero-order valence-electron chi connectivity index (χ0n) is 13.5. The number of urea groups is 1. The Kier molecular flexibility index (Phi) is 6.55. The summed E-state index contributed by atoms with van der Waals surface area (Å²) in [5.41, 5.74) is 1.73. The quantitative estimate of drug-likeness (QED) is 0.728. The highest BCUT2D eigenvalue weighted by molar-refractivity contribution is 7.09. The highest BCUT2D eigenvalue weighted by Gasteiger charge is 2.09. The number of aliphatic hydroxyl groups is 1. The van der Waals surface area contributed by atoms with Crippen molar-refractivity contribution in [3.63, 3.8) is 0 Å². The summed E-state index contributed by atoms with van der Waals surface area (Å²) in [5.74, 6) is 0.405. The van der Waals surface area contributed by atoms with E-state index < -0.39 is 6.10 Å². The van der Waals surface area contributed by atoms with Crippen molar-refractivity contribution in [2.45, 2.75) is 38.8 Å². The molecule has 0 aliphatic rings. The monoisotopic (exact) mass is 333 g/mol. The minimum absolute atomic E-state index is 0.246. The van der Waals surface area contributed by atoms with Gasteiger partial charge in [0.1, 0.15) is 0 Å². The van der Waals surface area contributed by atoms with E-state index in [0.717, 1.165) is 16.3 Å². The van der Waals surface area contributed by atoms with Gasteiger partial charge in [0, 0.05) is 17.8 Å². The van der Waals surface area contributed by atoms with Gasteiger partial charge in [0.15, 0.2) is 0 Å². The van der Waals surface area contributed by atoms with Gasteiger partial charge in [0.25, 0.3) is 0 Å². The van der Waals surface area contributed by atoms with Gasteiger partial charge in [0.2, 0.25) is 0 Å². The molecule has 124 valence electrons. The van der Waals surface area contributed by atoms with E-state index in [9.17, 15) is 9.90 Å². The first-order valence-electron chi connectivity index (χ1n) is 7.75. The van der Waals surface area contributed by atoms with Gasteiger partial charge in [-0.3, -0.25) is 0 Å². The van der Waals surface area contributed by atoms with Crippen molar-refractivity contribution in [1.82, 2.24) is 15.6 Å². The summed E-state index contributed by atoms with van der Waals surface area (Å²) in [6.07, 6.45) is -0.0883. The Bertz CT molecular complexity index is 613. The Hall–Kier alpha value is -1.92. The lowest BCUT2D eigenvalue weighted by Crippen LogP contribution is -2.36. The molecule has 1 aromatic heterocycles. The van der Waals surface area contributed by atoms with Crippen LogP contribution in [0.25, 0.3) is 0 Å². The van der Waals surface area contributed by atoms with Crippen molar-refractivity contribution < 1.29 is 9.90 Å². The van der Waals surface area contributed by atoms with E-state index in [1.165, 1.54) is 0 Å². The van der Waals surface area contributed by atoms with Crippen molar-refractivity contribution in [2.75, 3.05) is 6.54 Å². The molecule has 1 aromatic carbocycles. The number of thiazole rings is 1. The maximum atomic E-state index is 11.7. The minimum atomic E-state index is -0.566. The number of benzene rings is 1. The summed E-state index contributed by atoms with van der Waals surface area (Å²) in [7, 11) is 0. The second-order valence-corrected chi connectivity index (χ2v) is 6.55. The molecule has 0 aliphatic heterocycles. The summed E-state index contributed by atoms with van der Waals surface area (Å²) >= 11 is 1.61. The van der Waals surface area contributed by atoms with Crippen LogP contribution in [0.4, 0.5) is 4.79 Å². The lowest BCUT2D eigenvalue weighted by Gasteiger charge is -2.12. The van der Waals surface area contributed by atoms with Gasteiger partial charge in [0.05, 0.1) is 23.4 Å². The first kappa shape index (κ1) is 17.4. The first-order chi connectivity index (χ1) is 11.1. The van der Waals surface area contributed by atoms with Crippen LogP contribution in [0.3, 0.4) is 0 Å². The summed E-state index contributed by atoms with van der Waals surface area (Å²) in [6, 6.07) is 9.18. The molecule has 3 N–H and O–H groups in total. The number of rotatable bonds is 7. The molecular formula is C17H23N3O2S. The van der Waals surface area contributed by atoms with Crippen LogP contribution in [0.5, 0.6) is 0 Å². The fraction of sp³-hybridized carbons (Fsp3) is 0.412. The molecule has 0 radical (unpaired) electrons. The molecule has 0 unspecified atom stereocenters. The van der Waals surface area contributed by atoms with Crippen LogP contribution >= 0.6 is 11.3 Å². The van der Waals surface area contributed by atoms with Gasteiger partial charge in [-0.1, -0.05) is 44.2 Å². The number of hydrogen-bond donors (Lipinski definition) is 3. The standard InChI is InChI=1S/C17H23N3O2S/c1-12(2)16-20-14(11-23-16)10-19-17(22)18-9-8-15(21)13-6-4-3-5-7-13/h3-7,11-12,15,21H,8-10H2,1-2H3,(H2,18,19,22)/t15-/m1/s1. The molecular weight excluding hydrogens is 310 g/mol. The van der Waals surface area contributed by atoms with Crippen LogP contribution in [0.2, 0.25) is 0 Å². The van der Waals surface area contributed by atoms with Crippen molar-refractivity contribution in [3.8, 4) is 0 Å². The predicted molar refractivity (Wildman–Crippen MR) is 92.5 cm³/mol. The van der Waals surface area contributed by atoms with E-state index in [4.69, 9.17) is 0 Å². The molecule has 0 saturated heterocycles. The van der Waals surface area contributed by atoms with Crippen LogP contribution < -0.4 is 10.6 Å². The predicted octanol–water partition coefficient (Wildman–Crippen LogP) is 3.19. The molecule has 0 bridgehead atoms. The largest absolute Gasteiger partial charge is 0.388 e. The maximum absolute atomic E-state index is 11.7. The Labute approximate surface area is 140 Å². The zero-order chi connectivity index (χ0) is 16.7. The topological polar surface area (TPSA) is 74.2 Å². The summed E-state index contributed by atoms with van der Waals surface area (Å²) in [4.78, 5) is 16.2. The number of nitrogens with zero attached hydrogens (tertiary/aromatic N) is 1. The third kappa shape index (κ3) is 5.65. The Morgan fingerprint density at radius 3 is 2.65 bits per heavy atom. The number of carbonyl (C=O) groups excluding carboxylic acids is 1. The minimum Gasteiger partial charge on any atom is -0.388 e. The number of aliphatic hydroxyl groups excluding tert-OH is 1. The van der Waals surface area contributed by atoms with Gasteiger partial charge in [-0.15, -0.1) is 11.3 Å². The average molecular weight is 333 g/mol. The molecule has 2 rings (SSSR count). The zero-order valence-corrected chi connectivity index (χ0v) is 14.3. The molecule has 0 aliphatic carbocycles.